The highest BCUT2D eigenvalue weighted by Gasteiger charge is 2.38. The Balaban J connectivity index is 1.82. The molecule has 1 saturated carbocycles. The second-order valence-electron chi connectivity index (χ2n) is 7.30. The van der Waals surface area contributed by atoms with Gasteiger partial charge in [0.2, 0.25) is 5.69 Å². The van der Waals surface area contributed by atoms with E-state index >= 15 is 0 Å². The Bertz CT molecular complexity index is 1160. The molecule has 3 N–H and O–H groups in total. The number of phenolic OH excluding ortho intramolecular Hbond substituents is 1. The fourth-order valence-corrected chi connectivity index (χ4v) is 3.71. The fourth-order valence-electron chi connectivity index (χ4n) is 3.71. The second-order valence-corrected chi connectivity index (χ2v) is 7.30. The summed E-state index contributed by atoms with van der Waals surface area (Å²) < 4.78 is 0. The molecule has 2 aromatic carbocycles. The molecule has 4 rings (SSSR count). The van der Waals surface area contributed by atoms with E-state index in [-0.39, 0.29) is 17.5 Å². The van der Waals surface area contributed by atoms with Gasteiger partial charge in [0.1, 0.15) is 11.4 Å². The van der Waals surface area contributed by atoms with E-state index in [9.17, 15) is 10.2 Å². The van der Waals surface area contributed by atoms with Crippen LogP contribution in [0.2, 0.25) is 0 Å². The Labute approximate surface area is 162 Å². The molecule has 3 aromatic rings. The Hall–Kier alpha value is -3.61. The number of benzene rings is 2. The molecule has 1 heterocycles. The molecule has 0 aliphatic heterocycles. The van der Waals surface area contributed by atoms with Crippen molar-refractivity contribution >= 4 is 22.3 Å². The van der Waals surface area contributed by atoms with Crippen molar-refractivity contribution in [3.8, 4) is 29.4 Å². The van der Waals surface area contributed by atoms with E-state index in [1.54, 1.807) is 12.1 Å². The van der Waals surface area contributed by atoms with Gasteiger partial charge in [0.05, 0.1) is 12.2 Å². The lowest BCUT2D eigenvalue weighted by molar-refractivity contribution is -0.0235. The average molecular weight is 370 g/mol. The molecule has 28 heavy (non-hydrogen) atoms. The van der Waals surface area contributed by atoms with E-state index in [1.165, 1.54) is 0 Å². The molecule has 138 valence electrons. The van der Waals surface area contributed by atoms with Gasteiger partial charge in [-0.1, -0.05) is 42.3 Å². The van der Waals surface area contributed by atoms with Crippen molar-refractivity contribution in [2.24, 2.45) is 0 Å². The van der Waals surface area contributed by atoms with Gasteiger partial charge < -0.3 is 15.5 Å². The number of nitrogens with zero attached hydrogens (tertiary/aromatic N) is 3. The monoisotopic (exact) mass is 370 g/mol. The third-order valence-electron chi connectivity index (χ3n) is 5.07. The number of rotatable bonds is 3. The molecule has 1 fully saturated rings. The first-order valence-electron chi connectivity index (χ1n) is 8.88. The molecule has 0 radical (unpaired) electrons. The van der Waals surface area contributed by atoms with Crippen molar-refractivity contribution in [2.45, 2.75) is 31.4 Å². The molecule has 0 unspecified atom stereocenters. The second kappa shape index (κ2) is 6.53. The zero-order chi connectivity index (χ0) is 19.9. The summed E-state index contributed by atoms with van der Waals surface area (Å²) in [4.78, 5) is 3.37. The summed E-state index contributed by atoms with van der Waals surface area (Å²) in [5, 5.41) is 34.2. The maximum atomic E-state index is 10.6. The predicted octanol–water partition coefficient (Wildman–Crippen LogP) is 3.86. The van der Waals surface area contributed by atoms with Crippen LogP contribution < -0.4 is 5.32 Å². The summed E-state index contributed by atoms with van der Waals surface area (Å²) >= 11 is 0. The fraction of sp³-hybridized carbons (Fsp3) is 0.227. The summed E-state index contributed by atoms with van der Waals surface area (Å²) in [7, 11) is 0. The van der Waals surface area contributed by atoms with Crippen molar-refractivity contribution in [2.75, 3.05) is 5.32 Å². The van der Waals surface area contributed by atoms with E-state index in [1.807, 2.05) is 31.2 Å². The summed E-state index contributed by atoms with van der Waals surface area (Å²) in [6.07, 6.45) is 6.71. The highest BCUT2D eigenvalue weighted by atomic mass is 16.3. The molecule has 0 spiro atoms. The SMILES string of the molecule is [C-]#[N+]c1c(C#C)ccc(-c2nnc(NC3CC(C)(O)C3)c3ccccc23)c1O. The van der Waals surface area contributed by atoms with Gasteiger partial charge in [-0.05, 0) is 19.8 Å². The highest BCUT2D eigenvalue weighted by molar-refractivity contribution is 6.01. The highest BCUT2D eigenvalue weighted by Crippen LogP contribution is 2.42. The molecule has 1 aromatic heterocycles. The van der Waals surface area contributed by atoms with Crippen LogP contribution >= 0.6 is 0 Å². The number of phenols is 1. The Morgan fingerprint density at radius 3 is 2.57 bits per heavy atom. The summed E-state index contributed by atoms with van der Waals surface area (Å²) in [6, 6.07) is 11.0. The van der Waals surface area contributed by atoms with Crippen molar-refractivity contribution in [1.82, 2.24) is 10.2 Å². The Kier molecular flexibility index (Phi) is 4.15. The van der Waals surface area contributed by atoms with Gasteiger partial charge >= 0.3 is 0 Å². The standard InChI is InChI=1S/C22H18N4O2/c1-4-13-9-10-17(20(27)18(13)23-3)19-15-7-5-6-8-16(15)21(26-25-19)24-14-11-22(2,28)12-14/h1,5-10,14,27-28H,11-12H2,2H3,(H,24,26). The van der Waals surface area contributed by atoms with E-state index < -0.39 is 5.60 Å². The third-order valence-corrected chi connectivity index (χ3v) is 5.07. The van der Waals surface area contributed by atoms with Crippen LogP contribution in [0.15, 0.2) is 36.4 Å². The summed E-state index contributed by atoms with van der Waals surface area (Å²) in [5.74, 6) is 2.85. The van der Waals surface area contributed by atoms with Gasteiger partial charge in [-0.15, -0.1) is 16.6 Å². The van der Waals surface area contributed by atoms with Crippen LogP contribution in [0.25, 0.3) is 26.9 Å². The molecule has 1 aliphatic carbocycles. The van der Waals surface area contributed by atoms with Gasteiger partial charge in [0.25, 0.3) is 0 Å². The van der Waals surface area contributed by atoms with Crippen molar-refractivity contribution in [3.05, 3.63) is 53.4 Å². The number of aromatic nitrogens is 2. The van der Waals surface area contributed by atoms with Gasteiger partial charge in [-0.2, -0.15) is 0 Å². The number of aliphatic hydroxyl groups is 1. The number of hydrogen-bond acceptors (Lipinski definition) is 5. The van der Waals surface area contributed by atoms with E-state index in [0.29, 0.717) is 35.5 Å². The Morgan fingerprint density at radius 2 is 1.93 bits per heavy atom. The topological polar surface area (TPSA) is 82.6 Å². The number of fused-ring (bicyclic) bond motifs is 1. The van der Waals surface area contributed by atoms with Crippen LogP contribution in [0.1, 0.15) is 25.3 Å². The summed E-state index contributed by atoms with van der Waals surface area (Å²) in [6.45, 7) is 9.14. The quantitative estimate of drug-likeness (QED) is 0.482. The van der Waals surface area contributed by atoms with Crippen LogP contribution in [0.3, 0.4) is 0 Å². The Morgan fingerprint density at radius 1 is 1.21 bits per heavy atom. The van der Waals surface area contributed by atoms with Crippen molar-refractivity contribution in [3.63, 3.8) is 0 Å². The maximum absolute atomic E-state index is 10.6. The lowest BCUT2D eigenvalue weighted by Crippen LogP contribution is -2.48. The molecule has 6 heteroatoms. The van der Waals surface area contributed by atoms with Gasteiger partial charge in [-0.3, -0.25) is 0 Å². The van der Waals surface area contributed by atoms with E-state index in [0.717, 1.165) is 10.8 Å². The maximum Gasteiger partial charge on any atom is 0.243 e. The molecular weight excluding hydrogens is 352 g/mol. The first-order chi connectivity index (χ1) is 13.4. The number of anilines is 1. The van der Waals surface area contributed by atoms with Gasteiger partial charge in [-0.25, -0.2) is 4.85 Å². The minimum atomic E-state index is -0.637. The van der Waals surface area contributed by atoms with E-state index in [2.05, 4.69) is 26.3 Å². The van der Waals surface area contributed by atoms with Crippen LogP contribution in [0, 0.1) is 18.9 Å². The molecule has 1 aliphatic rings. The van der Waals surface area contributed by atoms with Crippen LogP contribution in [0.4, 0.5) is 11.5 Å². The third kappa shape index (κ3) is 2.90. The largest absolute Gasteiger partial charge is 0.518 e. The molecule has 0 saturated heterocycles. The molecule has 6 nitrogen and oxygen atoms in total. The average Bonchev–Trinajstić information content (AvgIpc) is 2.67. The lowest BCUT2D eigenvalue weighted by atomic mass is 9.77. The van der Waals surface area contributed by atoms with Crippen LogP contribution in [-0.2, 0) is 0 Å². The minimum absolute atomic E-state index is 0.0322. The van der Waals surface area contributed by atoms with E-state index in [4.69, 9.17) is 13.0 Å². The number of aromatic hydroxyl groups is 1. The molecule has 0 amide bonds. The van der Waals surface area contributed by atoms with Crippen molar-refractivity contribution in [1.29, 1.82) is 0 Å². The van der Waals surface area contributed by atoms with Crippen LogP contribution in [0.5, 0.6) is 5.75 Å². The normalized spacial score (nSPS) is 20.8. The first kappa shape index (κ1) is 17.8. The van der Waals surface area contributed by atoms with Gasteiger partial charge in [0.15, 0.2) is 5.82 Å². The van der Waals surface area contributed by atoms with Crippen LogP contribution in [-0.4, -0.2) is 32.1 Å². The number of hydrogen-bond donors (Lipinski definition) is 3. The van der Waals surface area contributed by atoms with Gasteiger partial charge in [0, 0.05) is 27.9 Å². The number of terminal acetylenes is 1. The van der Waals surface area contributed by atoms with Crippen molar-refractivity contribution < 1.29 is 10.2 Å². The predicted molar refractivity (Wildman–Crippen MR) is 108 cm³/mol. The number of nitrogens with one attached hydrogen (secondary N) is 1. The zero-order valence-corrected chi connectivity index (χ0v) is 15.3. The zero-order valence-electron chi connectivity index (χ0n) is 15.3. The molecular formula is C22H18N4O2. The first-order valence-corrected chi connectivity index (χ1v) is 8.88. The molecule has 0 atom stereocenters. The minimum Gasteiger partial charge on any atom is -0.518 e. The summed E-state index contributed by atoms with van der Waals surface area (Å²) in [5.41, 5.74) is 0.620. The lowest BCUT2D eigenvalue weighted by Gasteiger charge is -2.41. The molecule has 0 bridgehead atoms. The smallest absolute Gasteiger partial charge is 0.243 e.